The monoisotopic (exact) mass is 473 g/mol. The summed E-state index contributed by atoms with van der Waals surface area (Å²) in [5.74, 6) is 1.80. The molecule has 1 aliphatic heterocycles. The predicted octanol–water partition coefficient (Wildman–Crippen LogP) is 5.53. The Hall–Kier alpha value is -3.64. The number of halogens is 1. The fourth-order valence-corrected chi connectivity index (χ4v) is 4.15. The third-order valence-corrected chi connectivity index (χ3v) is 6.20. The molecule has 6 nitrogen and oxygen atoms in total. The van der Waals surface area contributed by atoms with Gasteiger partial charge in [-0.25, -0.2) is 0 Å². The number of hydrogen-bond donors (Lipinski definition) is 0. The minimum absolute atomic E-state index is 0.0903. The first kappa shape index (κ1) is 22.2. The molecule has 0 aliphatic carbocycles. The molecule has 1 aliphatic rings. The Morgan fingerprint density at radius 1 is 0.971 bits per heavy atom. The van der Waals surface area contributed by atoms with Crippen LogP contribution in [0.1, 0.15) is 29.4 Å². The van der Waals surface area contributed by atoms with Crippen molar-refractivity contribution < 1.29 is 14.1 Å². The molecular weight excluding hydrogens is 450 g/mol. The second kappa shape index (κ2) is 10.1. The molecule has 0 saturated carbocycles. The smallest absolute Gasteiger partial charge is 0.232 e. The van der Waals surface area contributed by atoms with Crippen molar-refractivity contribution in [2.24, 2.45) is 0 Å². The first-order valence-electron chi connectivity index (χ1n) is 11.3. The number of carbonyl (C=O) groups is 1. The molecule has 0 spiro atoms. The maximum atomic E-state index is 12.5. The molecule has 0 radical (unpaired) electrons. The summed E-state index contributed by atoms with van der Waals surface area (Å²) in [5.41, 5.74) is 3.10. The molecule has 7 heteroatoms. The highest BCUT2D eigenvalue weighted by molar-refractivity contribution is 6.30. The third-order valence-electron chi connectivity index (χ3n) is 5.95. The average Bonchev–Trinajstić information content (AvgIpc) is 3.50. The molecular formula is C27H24ClN3O3. The van der Waals surface area contributed by atoms with E-state index in [0.29, 0.717) is 42.9 Å². The fourth-order valence-electron chi connectivity index (χ4n) is 4.03. The number of benzene rings is 3. The van der Waals surface area contributed by atoms with Crippen molar-refractivity contribution in [3.63, 3.8) is 0 Å². The van der Waals surface area contributed by atoms with Crippen LogP contribution < -0.4 is 4.74 Å². The van der Waals surface area contributed by atoms with Gasteiger partial charge in [-0.15, -0.1) is 0 Å². The van der Waals surface area contributed by atoms with Gasteiger partial charge in [0.1, 0.15) is 12.4 Å². The van der Waals surface area contributed by atoms with Crippen LogP contribution in [-0.4, -0.2) is 34.0 Å². The minimum Gasteiger partial charge on any atom is -0.489 e. The standard InChI is InChI=1S/C27H24ClN3O3/c28-23-10-6-19(7-11-23)14-15-31-17-22(16-25(31)32)27-29-26(30-34-27)21-8-12-24(13-9-21)33-18-20-4-2-1-3-5-20/h1-13,22H,14-18H2. The summed E-state index contributed by atoms with van der Waals surface area (Å²) >= 11 is 5.95. The second-order valence-electron chi connectivity index (χ2n) is 8.37. The summed E-state index contributed by atoms with van der Waals surface area (Å²) in [4.78, 5) is 18.9. The van der Waals surface area contributed by atoms with E-state index < -0.39 is 0 Å². The summed E-state index contributed by atoms with van der Waals surface area (Å²) in [6, 6.07) is 25.4. The van der Waals surface area contributed by atoms with Crippen LogP contribution in [0.3, 0.4) is 0 Å². The molecule has 34 heavy (non-hydrogen) atoms. The molecule has 2 heterocycles. The van der Waals surface area contributed by atoms with Crippen molar-refractivity contribution in [2.45, 2.75) is 25.4 Å². The quantitative estimate of drug-likeness (QED) is 0.336. The van der Waals surface area contributed by atoms with Crippen molar-refractivity contribution in [1.82, 2.24) is 15.0 Å². The molecule has 4 aromatic rings. The highest BCUT2D eigenvalue weighted by atomic mass is 35.5. The van der Waals surface area contributed by atoms with E-state index in [2.05, 4.69) is 10.1 Å². The van der Waals surface area contributed by atoms with E-state index in [-0.39, 0.29) is 11.8 Å². The Morgan fingerprint density at radius 3 is 2.50 bits per heavy atom. The largest absolute Gasteiger partial charge is 0.489 e. The molecule has 1 aromatic heterocycles. The first-order chi connectivity index (χ1) is 16.6. The maximum Gasteiger partial charge on any atom is 0.232 e. The Labute approximate surface area is 203 Å². The van der Waals surface area contributed by atoms with Crippen molar-refractivity contribution >= 4 is 17.5 Å². The van der Waals surface area contributed by atoms with Crippen LogP contribution in [0.2, 0.25) is 5.02 Å². The first-order valence-corrected chi connectivity index (χ1v) is 11.6. The number of amides is 1. The lowest BCUT2D eigenvalue weighted by Gasteiger charge is -2.15. The van der Waals surface area contributed by atoms with Crippen molar-refractivity contribution in [3.8, 4) is 17.1 Å². The van der Waals surface area contributed by atoms with E-state index in [1.165, 1.54) is 0 Å². The van der Waals surface area contributed by atoms with Gasteiger partial charge in [-0.3, -0.25) is 4.79 Å². The number of carbonyl (C=O) groups excluding carboxylic acids is 1. The van der Waals surface area contributed by atoms with Gasteiger partial charge in [0.25, 0.3) is 0 Å². The number of aromatic nitrogens is 2. The third kappa shape index (κ3) is 5.29. The number of rotatable bonds is 8. The SMILES string of the molecule is O=C1CC(c2nc(-c3ccc(OCc4ccccc4)cc3)no2)CN1CCc1ccc(Cl)cc1. The Kier molecular flexibility index (Phi) is 6.58. The molecule has 3 aromatic carbocycles. The summed E-state index contributed by atoms with van der Waals surface area (Å²) in [5, 5.41) is 4.85. The average molecular weight is 474 g/mol. The minimum atomic E-state index is -0.0903. The Balaban J connectivity index is 1.17. The van der Waals surface area contributed by atoms with Crippen molar-refractivity contribution in [2.75, 3.05) is 13.1 Å². The van der Waals surface area contributed by atoms with Crippen LogP contribution in [0.4, 0.5) is 0 Å². The zero-order valence-electron chi connectivity index (χ0n) is 18.6. The summed E-state index contributed by atoms with van der Waals surface area (Å²) in [6.07, 6.45) is 1.16. The van der Waals surface area contributed by atoms with Gasteiger partial charge in [-0.1, -0.05) is 59.2 Å². The lowest BCUT2D eigenvalue weighted by atomic mass is 10.1. The summed E-state index contributed by atoms with van der Waals surface area (Å²) in [7, 11) is 0. The van der Waals surface area contributed by atoms with Crippen molar-refractivity contribution in [1.29, 1.82) is 0 Å². The van der Waals surface area contributed by atoms with Crippen molar-refractivity contribution in [3.05, 3.63) is 101 Å². The van der Waals surface area contributed by atoms with Crippen LogP contribution in [-0.2, 0) is 17.8 Å². The predicted molar refractivity (Wildman–Crippen MR) is 130 cm³/mol. The van der Waals surface area contributed by atoms with Gasteiger partial charge < -0.3 is 14.2 Å². The topological polar surface area (TPSA) is 68.5 Å². The molecule has 0 bridgehead atoms. The molecule has 1 saturated heterocycles. The maximum absolute atomic E-state index is 12.5. The Bertz CT molecular complexity index is 1240. The van der Waals surface area contributed by atoms with Crippen LogP contribution >= 0.6 is 11.6 Å². The van der Waals surface area contributed by atoms with Gasteiger partial charge in [0, 0.05) is 30.1 Å². The molecule has 1 unspecified atom stereocenters. The van der Waals surface area contributed by atoms with Crippen LogP contribution in [0.5, 0.6) is 5.75 Å². The van der Waals surface area contributed by atoms with Gasteiger partial charge in [-0.2, -0.15) is 4.98 Å². The van der Waals surface area contributed by atoms with E-state index in [0.717, 1.165) is 28.9 Å². The molecule has 172 valence electrons. The fraction of sp³-hybridized carbons (Fsp3) is 0.222. The van der Waals surface area contributed by atoms with Gasteiger partial charge in [-0.05, 0) is 53.9 Å². The van der Waals surface area contributed by atoms with E-state index in [1.807, 2.05) is 83.8 Å². The lowest BCUT2D eigenvalue weighted by Crippen LogP contribution is -2.27. The zero-order valence-corrected chi connectivity index (χ0v) is 19.3. The Morgan fingerprint density at radius 2 is 1.74 bits per heavy atom. The molecule has 0 N–H and O–H groups in total. The van der Waals surface area contributed by atoms with Gasteiger partial charge >= 0.3 is 0 Å². The molecule has 5 rings (SSSR count). The lowest BCUT2D eigenvalue weighted by molar-refractivity contribution is -0.127. The highest BCUT2D eigenvalue weighted by Crippen LogP contribution is 2.29. The highest BCUT2D eigenvalue weighted by Gasteiger charge is 2.34. The number of hydrogen-bond acceptors (Lipinski definition) is 5. The van der Waals surface area contributed by atoms with E-state index in [1.54, 1.807) is 0 Å². The van der Waals surface area contributed by atoms with Gasteiger partial charge in [0.15, 0.2) is 0 Å². The molecule has 1 amide bonds. The normalized spacial score (nSPS) is 15.6. The molecule has 1 fully saturated rings. The van der Waals surface area contributed by atoms with Crippen LogP contribution in [0.25, 0.3) is 11.4 Å². The van der Waals surface area contributed by atoms with E-state index in [4.69, 9.17) is 20.9 Å². The molecule has 1 atom stereocenters. The second-order valence-corrected chi connectivity index (χ2v) is 8.81. The van der Waals surface area contributed by atoms with Crippen LogP contribution in [0.15, 0.2) is 83.4 Å². The summed E-state index contributed by atoms with van der Waals surface area (Å²) in [6.45, 7) is 1.75. The zero-order chi connectivity index (χ0) is 23.3. The number of ether oxygens (including phenoxy) is 1. The summed E-state index contributed by atoms with van der Waals surface area (Å²) < 4.78 is 11.4. The van der Waals surface area contributed by atoms with Crippen LogP contribution in [0, 0.1) is 0 Å². The number of nitrogens with zero attached hydrogens (tertiary/aromatic N) is 3. The van der Waals surface area contributed by atoms with E-state index >= 15 is 0 Å². The van der Waals surface area contributed by atoms with E-state index in [9.17, 15) is 4.79 Å². The van der Waals surface area contributed by atoms with Gasteiger partial charge in [0.2, 0.25) is 17.6 Å². The number of likely N-dealkylation sites (tertiary alicyclic amines) is 1. The van der Waals surface area contributed by atoms with Gasteiger partial charge in [0.05, 0.1) is 5.92 Å².